The van der Waals surface area contributed by atoms with E-state index in [9.17, 15) is 13.2 Å². The van der Waals surface area contributed by atoms with Crippen LogP contribution < -0.4 is 34.1 Å². The van der Waals surface area contributed by atoms with E-state index in [1.54, 1.807) is 13.0 Å². The first-order chi connectivity index (χ1) is 14.7. The lowest BCUT2D eigenvalue weighted by Crippen LogP contribution is -2.34. The largest absolute Gasteiger partial charge is 0.495 e. The van der Waals surface area contributed by atoms with Crippen LogP contribution in [0.3, 0.4) is 0 Å². The van der Waals surface area contributed by atoms with Gasteiger partial charge in [-0.1, -0.05) is 6.07 Å². The molecule has 0 bridgehead atoms. The molecule has 1 atom stereocenters. The van der Waals surface area contributed by atoms with Crippen molar-refractivity contribution in [1.82, 2.24) is 5.32 Å². The summed E-state index contributed by atoms with van der Waals surface area (Å²) >= 11 is 0. The number of methoxy groups -OCH3 is 3. The van der Waals surface area contributed by atoms with Crippen LogP contribution in [0.15, 0.2) is 29.2 Å². The zero-order valence-electron chi connectivity index (χ0n) is 17.6. The van der Waals surface area contributed by atoms with Crippen LogP contribution in [0.5, 0.6) is 28.7 Å². The summed E-state index contributed by atoms with van der Waals surface area (Å²) in [6.45, 7) is 1.78. The van der Waals surface area contributed by atoms with E-state index < -0.39 is 15.9 Å². The van der Waals surface area contributed by atoms with Crippen LogP contribution in [-0.4, -0.2) is 48.5 Å². The zero-order chi connectivity index (χ0) is 22.8. The molecule has 0 fully saturated rings. The fraction of sp³-hybridized carbons (Fsp3) is 0.350. The van der Waals surface area contributed by atoms with Gasteiger partial charge < -0.3 is 29.0 Å². The molecule has 0 saturated carbocycles. The summed E-state index contributed by atoms with van der Waals surface area (Å²) in [7, 11) is 0.286. The highest BCUT2D eigenvalue weighted by Gasteiger charge is 2.30. The highest BCUT2D eigenvalue weighted by molar-refractivity contribution is 7.89. The van der Waals surface area contributed by atoms with Gasteiger partial charge in [0.15, 0.2) is 11.5 Å². The second-order valence-corrected chi connectivity index (χ2v) is 8.36. The molecule has 1 heterocycles. The quantitative estimate of drug-likeness (QED) is 0.614. The molecule has 10 nitrogen and oxygen atoms in total. The highest BCUT2D eigenvalue weighted by Crippen LogP contribution is 2.49. The van der Waals surface area contributed by atoms with Crippen molar-refractivity contribution in [2.75, 3.05) is 28.1 Å². The number of carbonyl (C=O) groups is 1. The van der Waals surface area contributed by atoms with Crippen LogP contribution in [0.2, 0.25) is 0 Å². The van der Waals surface area contributed by atoms with Crippen molar-refractivity contribution in [3.05, 3.63) is 35.4 Å². The topological polar surface area (TPSA) is 135 Å². The number of nitrogens with two attached hydrogens (primary N) is 1. The third-order valence-corrected chi connectivity index (χ3v) is 5.62. The molecule has 2 aromatic rings. The molecule has 3 rings (SSSR count). The molecule has 0 spiro atoms. The number of amides is 1. The molecule has 1 aliphatic heterocycles. The van der Waals surface area contributed by atoms with Crippen molar-refractivity contribution in [2.45, 2.75) is 24.3 Å². The number of primary sulfonamides is 1. The number of hydrogen-bond donors (Lipinski definition) is 2. The molecule has 2 aromatic carbocycles. The maximum Gasteiger partial charge on any atom is 0.255 e. The van der Waals surface area contributed by atoms with Gasteiger partial charge in [-0.2, -0.15) is 0 Å². The number of carbonyl (C=O) groups excluding carboxylic acids is 1. The van der Waals surface area contributed by atoms with Crippen molar-refractivity contribution in [3.63, 3.8) is 0 Å². The lowest BCUT2D eigenvalue weighted by molar-refractivity contribution is 0.0935. The summed E-state index contributed by atoms with van der Waals surface area (Å²) in [5.74, 6) is 0.990. The molecule has 0 saturated heterocycles. The van der Waals surface area contributed by atoms with Gasteiger partial charge in [0.25, 0.3) is 5.91 Å². The van der Waals surface area contributed by atoms with Crippen LogP contribution in [-0.2, 0) is 16.4 Å². The number of rotatable bonds is 8. The molecule has 3 N–H and O–H groups in total. The summed E-state index contributed by atoms with van der Waals surface area (Å²) < 4.78 is 50.2. The van der Waals surface area contributed by atoms with E-state index in [-0.39, 0.29) is 34.8 Å². The van der Waals surface area contributed by atoms with Gasteiger partial charge in [0.05, 0.1) is 26.9 Å². The van der Waals surface area contributed by atoms with Crippen LogP contribution in [0.25, 0.3) is 0 Å². The Bertz CT molecular complexity index is 1100. The van der Waals surface area contributed by atoms with Crippen molar-refractivity contribution in [3.8, 4) is 28.7 Å². The number of fused-ring (bicyclic) bond motifs is 1. The second kappa shape index (κ2) is 8.90. The molecule has 0 unspecified atom stereocenters. The third kappa shape index (κ3) is 4.62. The molecule has 1 aliphatic rings. The molecular weight excluding hydrogens is 428 g/mol. The van der Waals surface area contributed by atoms with Crippen molar-refractivity contribution >= 4 is 15.9 Å². The van der Waals surface area contributed by atoms with Crippen molar-refractivity contribution in [2.24, 2.45) is 5.14 Å². The minimum Gasteiger partial charge on any atom is -0.495 e. The van der Waals surface area contributed by atoms with E-state index in [0.717, 1.165) is 0 Å². The first-order valence-corrected chi connectivity index (χ1v) is 10.8. The number of sulfonamides is 1. The maximum absolute atomic E-state index is 12.9. The molecular formula is C20H24N2O8S. The fourth-order valence-corrected chi connectivity index (χ4v) is 4.06. The summed E-state index contributed by atoms with van der Waals surface area (Å²) in [6, 6.07) is 5.83. The third-order valence-electron chi connectivity index (χ3n) is 4.69. The van der Waals surface area contributed by atoms with E-state index in [2.05, 4.69) is 5.32 Å². The maximum atomic E-state index is 12.9. The molecule has 168 valence electrons. The number of hydrogen-bond acceptors (Lipinski definition) is 8. The summed E-state index contributed by atoms with van der Waals surface area (Å²) in [6.07, 6.45) is 0.349. The van der Waals surface area contributed by atoms with Gasteiger partial charge in [-0.3, -0.25) is 4.79 Å². The van der Waals surface area contributed by atoms with Gasteiger partial charge in [-0.25, -0.2) is 13.6 Å². The van der Waals surface area contributed by atoms with E-state index in [0.29, 0.717) is 29.2 Å². The predicted octanol–water partition coefficient (Wildman–Crippen LogP) is 1.45. The van der Waals surface area contributed by atoms with E-state index in [4.69, 9.17) is 28.8 Å². The number of ether oxygens (including phenoxy) is 5. The van der Waals surface area contributed by atoms with E-state index >= 15 is 0 Å². The zero-order valence-corrected chi connectivity index (χ0v) is 18.4. The Morgan fingerprint density at radius 2 is 1.77 bits per heavy atom. The Balaban J connectivity index is 1.82. The SMILES string of the molecule is COc1ccc(C[C@@H](C)NC(=O)c2cc(OC)c3c(c2OC)OCO3)cc1S(N)(=O)=O. The predicted molar refractivity (Wildman–Crippen MR) is 111 cm³/mol. The normalized spacial score (nSPS) is 13.5. The van der Waals surface area contributed by atoms with Gasteiger partial charge >= 0.3 is 0 Å². The smallest absolute Gasteiger partial charge is 0.255 e. The minimum absolute atomic E-state index is 0.00657. The van der Waals surface area contributed by atoms with E-state index in [1.165, 1.54) is 39.5 Å². The van der Waals surface area contributed by atoms with Crippen molar-refractivity contribution < 1.29 is 36.9 Å². The molecule has 0 aliphatic carbocycles. The average Bonchev–Trinajstić information content (AvgIpc) is 3.21. The lowest BCUT2D eigenvalue weighted by Gasteiger charge is -2.18. The second-order valence-electron chi connectivity index (χ2n) is 6.83. The monoisotopic (exact) mass is 452 g/mol. The molecule has 0 aromatic heterocycles. The average molecular weight is 452 g/mol. The Hall–Kier alpha value is -3.18. The summed E-state index contributed by atoms with van der Waals surface area (Å²) in [5.41, 5.74) is 0.878. The Kier molecular flexibility index (Phi) is 6.46. The Labute approximate surface area is 180 Å². The standard InChI is InChI=1S/C20H24N2O8S/c1-11(7-12-5-6-14(26-2)16(8-12)31(21,24)25)22-20(23)13-9-15(27-3)18-19(17(13)28-4)30-10-29-18/h5-6,8-9,11H,7,10H2,1-4H3,(H,22,23)(H2,21,24,25)/t11-/m1/s1. The number of nitrogens with one attached hydrogen (secondary N) is 1. The molecule has 11 heteroatoms. The summed E-state index contributed by atoms with van der Waals surface area (Å²) in [4.78, 5) is 12.8. The lowest BCUT2D eigenvalue weighted by atomic mass is 10.1. The van der Waals surface area contributed by atoms with Crippen LogP contribution >= 0.6 is 0 Å². The first-order valence-electron chi connectivity index (χ1n) is 9.24. The van der Waals surface area contributed by atoms with Gasteiger partial charge in [-0.05, 0) is 31.0 Å². The van der Waals surface area contributed by atoms with Gasteiger partial charge in [-0.15, -0.1) is 0 Å². The van der Waals surface area contributed by atoms with Crippen LogP contribution in [0.4, 0.5) is 0 Å². The molecule has 0 radical (unpaired) electrons. The van der Waals surface area contributed by atoms with Crippen molar-refractivity contribution in [1.29, 1.82) is 0 Å². The van der Waals surface area contributed by atoms with E-state index in [1.807, 2.05) is 0 Å². The highest BCUT2D eigenvalue weighted by atomic mass is 32.2. The van der Waals surface area contributed by atoms with Gasteiger partial charge in [0, 0.05) is 12.1 Å². The summed E-state index contributed by atoms with van der Waals surface area (Å²) in [5, 5.41) is 8.13. The molecule has 1 amide bonds. The Morgan fingerprint density at radius 3 is 2.39 bits per heavy atom. The minimum atomic E-state index is -3.96. The van der Waals surface area contributed by atoms with Crippen LogP contribution in [0, 0.1) is 0 Å². The fourth-order valence-electron chi connectivity index (χ4n) is 3.31. The van der Waals surface area contributed by atoms with Crippen LogP contribution in [0.1, 0.15) is 22.8 Å². The van der Waals surface area contributed by atoms with Gasteiger partial charge in [0.2, 0.25) is 28.3 Å². The van der Waals surface area contributed by atoms with Gasteiger partial charge in [0.1, 0.15) is 10.6 Å². The Morgan fingerprint density at radius 1 is 1.10 bits per heavy atom. The molecule has 31 heavy (non-hydrogen) atoms. The number of benzene rings is 2. The first kappa shape index (κ1) is 22.5.